The van der Waals surface area contributed by atoms with E-state index in [0.29, 0.717) is 16.5 Å². The number of hydrogen-bond acceptors (Lipinski definition) is 4. The van der Waals surface area contributed by atoms with E-state index in [1.807, 2.05) is 26.2 Å². The SMILES string of the molecule is CCC(C)c1csc(N)c1C(=O)OC(C)(C)C. The number of hydrogen-bond donors (Lipinski definition) is 1. The molecule has 4 heteroatoms. The molecule has 0 aliphatic carbocycles. The summed E-state index contributed by atoms with van der Waals surface area (Å²) >= 11 is 1.41. The summed E-state index contributed by atoms with van der Waals surface area (Å²) in [7, 11) is 0. The summed E-state index contributed by atoms with van der Waals surface area (Å²) < 4.78 is 5.39. The maximum absolute atomic E-state index is 12.1. The lowest BCUT2D eigenvalue weighted by Gasteiger charge is -2.20. The van der Waals surface area contributed by atoms with Crippen LogP contribution >= 0.6 is 11.3 Å². The molecule has 0 bridgehead atoms. The Morgan fingerprint density at radius 2 is 2.12 bits per heavy atom. The fourth-order valence-corrected chi connectivity index (χ4v) is 2.44. The summed E-state index contributed by atoms with van der Waals surface area (Å²) in [5, 5.41) is 2.51. The first kappa shape index (κ1) is 14.0. The minimum atomic E-state index is -0.488. The van der Waals surface area contributed by atoms with Crippen LogP contribution < -0.4 is 5.73 Å². The van der Waals surface area contributed by atoms with Gasteiger partial charge in [0.1, 0.15) is 10.6 Å². The van der Waals surface area contributed by atoms with E-state index < -0.39 is 5.60 Å². The highest BCUT2D eigenvalue weighted by molar-refractivity contribution is 7.14. The Morgan fingerprint density at radius 3 is 2.59 bits per heavy atom. The normalized spacial score (nSPS) is 13.5. The van der Waals surface area contributed by atoms with Gasteiger partial charge in [0, 0.05) is 0 Å². The van der Waals surface area contributed by atoms with Crippen LogP contribution in [0.3, 0.4) is 0 Å². The van der Waals surface area contributed by atoms with Crippen LogP contribution in [0, 0.1) is 0 Å². The van der Waals surface area contributed by atoms with Gasteiger partial charge < -0.3 is 10.5 Å². The number of esters is 1. The summed E-state index contributed by atoms with van der Waals surface area (Å²) in [5.74, 6) is 0.0117. The van der Waals surface area contributed by atoms with Gasteiger partial charge in [0.2, 0.25) is 0 Å². The van der Waals surface area contributed by atoms with Crippen molar-refractivity contribution in [3.05, 3.63) is 16.5 Å². The number of rotatable bonds is 3. The summed E-state index contributed by atoms with van der Waals surface area (Å²) in [6.45, 7) is 9.76. The third-order valence-electron chi connectivity index (χ3n) is 2.59. The average molecular weight is 255 g/mol. The summed E-state index contributed by atoms with van der Waals surface area (Å²) in [5.41, 5.74) is 6.94. The third kappa shape index (κ3) is 3.46. The van der Waals surface area contributed by atoms with E-state index in [-0.39, 0.29) is 5.97 Å². The van der Waals surface area contributed by atoms with Crippen molar-refractivity contribution in [2.75, 3.05) is 5.73 Å². The Kier molecular flexibility index (Phi) is 4.20. The van der Waals surface area contributed by atoms with Crippen LogP contribution in [0.5, 0.6) is 0 Å². The molecular weight excluding hydrogens is 234 g/mol. The van der Waals surface area contributed by atoms with Crippen LogP contribution in [0.1, 0.15) is 62.9 Å². The van der Waals surface area contributed by atoms with Gasteiger partial charge in [0.15, 0.2) is 0 Å². The van der Waals surface area contributed by atoms with Crippen molar-refractivity contribution in [1.82, 2.24) is 0 Å². The van der Waals surface area contributed by atoms with Gasteiger partial charge in [-0.1, -0.05) is 13.8 Å². The van der Waals surface area contributed by atoms with E-state index in [4.69, 9.17) is 10.5 Å². The monoisotopic (exact) mass is 255 g/mol. The van der Waals surface area contributed by atoms with Crippen molar-refractivity contribution in [3.63, 3.8) is 0 Å². The summed E-state index contributed by atoms with van der Waals surface area (Å²) in [6, 6.07) is 0. The van der Waals surface area contributed by atoms with E-state index in [1.54, 1.807) is 0 Å². The fraction of sp³-hybridized carbons (Fsp3) is 0.615. The molecular formula is C13H21NO2S. The van der Waals surface area contributed by atoms with Crippen LogP contribution in [-0.4, -0.2) is 11.6 Å². The Labute approximate surface area is 107 Å². The molecule has 0 saturated heterocycles. The lowest BCUT2D eigenvalue weighted by atomic mass is 9.97. The van der Waals surface area contributed by atoms with E-state index in [9.17, 15) is 4.79 Å². The number of carbonyl (C=O) groups is 1. The van der Waals surface area contributed by atoms with Gasteiger partial charge in [-0.25, -0.2) is 4.79 Å². The molecule has 1 rings (SSSR count). The first-order valence-corrected chi connectivity index (χ1v) is 6.74. The Balaban J connectivity index is 3.04. The molecule has 0 fully saturated rings. The second kappa shape index (κ2) is 5.08. The highest BCUT2D eigenvalue weighted by Gasteiger charge is 2.25. The minimum Gasteiger partial charge on any atom is -0.456 e. The lowest BCUT2D eigenvalue weighted by Crippen LogP contribution is -2.24. The van der Waals surface area contributed by atoms with Crippen molar-refractivity contribution in [2.45, 2.75) is 52.6 Å². The van der Waals surface area contributed by atoms with Crippen molar-refractivity contribution < 1.29 is 9.53 Å². The van der Waals surface area contributed by atoms with E-state index >= 15 is 0 Å². The highest BCUT2D eigenvalue weighted by atomic mass is 32.1. The topological polar surface area (TPSA) is 52.3 Å². The van der Waals surface area contributed by atoms with Crippen LogP contribution in [0.25, 0.3) is 0 Å². The van der Waals surface area contributed by atoms with Gasteiger partial charge >= 0.3 is 5.97 Å². The molecule has 17 heavy (non-hydrogen) atoms. The van der Waals surface area contributed by atoms with E-state index in [1.165, 1.54) is 11.3 Å². The predicted molar refractivity (Wildman–Crippen MR) is 72.6 cm³/mol. The van der Waals surface area contributed by atoms with Crippen LogP contribution in [0.4, 0.5) is 5.00 Å². The molecule has 0 amide bonds. The van der Waals surface area contributed by atoms with Crippen LogP contribution in [-0.2, 0) is 4.74 Å². The number of anilines is 1. The third-order valence-corrected chi connectivity index (χ3v) is 3.42. The molecule has 0 radical (unpaired) electrons. The standard InChI is InChI=1S/C13H21NO2S/c1-6-8(2)9-7-17-11(14)10(9)12(15)16-13(3,4)5/h7-8H,6,14H2,1-5H3. The van der Waals surface area contributed by atoms with Crippen molar-refractivity contribution in [2.24, 2.45) is 0 Å². The van der Waals surface area contributed by atoms with Gasteiger partial charge in [-0.3, -0.25) is 0 Å². The van der Waals surface area contributed by atoms with Crippen LogP contribution in [0.2, 0.25) is 0 Å². The molecule has 0 spiro atoms. The summed E-state index contributed by atoms with van der Waals surface area (Å²) in [4.78, 5) is 12.1. The largest absolute Gasteiger partial charge is 0.456 e. The average Bonchev–Trinajstić information content (AvgIpc) is 2.56. The molecule has 1 unspecified atom stereocenters. The van der Waals surface area contributed by atoms with Gasteiger partial charge in [-0.2, -0.15) is 0 Å². The van der Waals surface area contributed by atoms with Crippen molar-refractivity contribution >= 4 is 22.3 Å². The maximum atomic E-state index is 12.1. The zero-order valence-corrected chi connectivity index (χ0v) is 12.0. The number of nitrogen functional groups attached to an aromatic ring is 1. The number of thiophene rings is 1. The van der Waals surface area contributed by atoms with E-state index in [0.717, 1.165) is 12.0 Å². The van der Waals surface area contributed by atoms with Gasteiger partial charge in [0.25, 0.3) is 0 Å². The molecule has 1 aromatic heterocycles. The Hall–Kier alpha value is -1.03. The molecule has 0 aliphatic rings. The second-order valence-electron chi connectivity index (χ2n) is 5.24. The molecule has 1 atom stereocenters. The second-order valence-corrected chi connectivity index (χ2v) is 6.15. The Morgan fingerprint density at radius 1 is 1.53 bits per heavy atom. The zero-order chi connectivity index (χ0) is 13.2. The van der Waals surface area contributed by atoms with Crippen LogP contribution in [0.15, 0.2) is 5.38 Å². The van der Waals surface area contributed by atoms with Crippen molar-refractivity contribution in [1.29, 1.82) is 0 Å². The number of nitrogens with two attached hydrogens (primary N) is 1. The smallest absolute Gasteiger partial charge is 0.341 e. The molecule has 2 N–H and O–H groups in total. The number of carbonyl (C=O) groups excluding carboxylic acids is 1. The predicted octanol–water partition coefficient (Wildman–Crippen LogP) is 3.80. The summed E-state index contributed by atoms with van der Waals surface area (Å²) in [6.07, 6.45) is 0.978. The molecule has 0 aliphatic heterocycles. The molecule has 3 nitrogen and oxygen atoms in total. The molecule has 1 heterocycles. The minimum absolute atomic E-state index is 0.313. The maximum Gasteiger partial charge on any atom is 0.341 e. The van der Waals surface area contributed by atoms with Gasteiger partial charge in [-0.15, -0.1) is 11.3 Å². The van der Waals surface area contributed by atoms with Crippen molar-refractivity contribution in [3.8, 4) is 0 Å². The first-order valence-electron chi connectivity index (χ1n) is 5.86. The first-order chi connectivity index (χ1) is 7.76. The molecule has 0 saturated carbocycles. The number of ether oxygens (including phenoxy) is 1. The quantitative estimate of drug-likeness (QED) is 0.836. The molecule has 96 valence electrons. The van der Waals surface area contributed by atoms with E-state index in [2.05, 4.69) is 13.8 Å². The van der Waals surface area contributed by atoms with Gasteiger partial charge in [-0.05, 0) is 44.1 Å². The fourth-order valence-electron chi connectivity index (χ4n) is 1.52. The Bertz CT molecular complexity index is 404. The lowest BCUT2D eigenvalue weighted by molar-refractivity contribution is 0.00697. The molecule has 1 aromatic rings. The zero-order valence-electron chi connectivity index (χ0n) is 11.2. The highest BCUT2D eigenvalue weighted by Crippen LogP contribution is 2.33. The molecule has 0 aromatic carbocycles. The van der Waals surface area contributed by atoms with Gasteiger partial charge in [0.05, 0.1) is 5.56 Å².